The van der Waals surface area contributed by atoms with Crippen molar-refractivity contribution in [3.05, 3.63) is 18.1 Å². The Morgan fingerprint density at radius 1 is 1.32 bits per heavy atom. The smallest absolute Gasteiger partial charge is 0.410 e. The first-order valence-corrected chi connectivity index (χ1v) is 10.3. The van der Waals surface area contributed by atoms with Crippen molar-refractivity contribution in [3.8, 4) is 0 Å². The van der Waals surface area contributed by atoms with E-state index in [4.69, 9.17) is 9.72 Å². The molecule has 2 aliphatic rings. The number of hydrogen-bond donors (Lipinski definition) is 2. The van der Waals surface area contributed by atoms with E-state index in [1.807, 2.05) is 18.2 Å². The second-order valence-electron chi connectivity index (χ2n) is 8.13. The van der Waals surface area contributed by atoms with Gasteiger partial charge in [0.05, 0.1) is 11.8 Å². The molecular weight excluding hydrogens is 356 g/mol. The average Bonchev–Trinajstić information content (AvgIpc) is 3.31. The molecule has 2 aliphatic heterocycles. The van der Waals surface area contributed by atoms with E-state index >= 15 is 0 Å². The van der Waals surface area contributed by atoms with E-state index < -0.39 is 0 Å². The van der Waals surface area contributed by atoms with E-state index in [1.54, 1.807) is 0 Å². The van der Waals surface area contributed by atoms with Crippen molar-refractivity contribution in [1.29, 1.82) is 0 Å². The summed E-state index contributed by atoms with van der Waals surface area (Å²) in [6.45, 7) is 9.41. The van der Waals surface area contributed by atoms with Gasteiger partial charge in [-0.3, -0.25) is 0 Å². The van der Waals surface area contributed by atoms with Crippen LogP contribution in [-0.2, 0) is 4.74 Å². The number of piperidine rings is 1. The Labute approximate surface area is 165 Å². The highest BCUT2D eigenvalue weighted by molar-refractivity contribution is 5.86. The van der Waals surface area contributed by atoms with Crippen LogP contribution in [0, 0.1) is 6.92 Å². The second-order valence-corrected chi connectivity index (χ2v) is 8.13. The summed E-state index contributed by atoms with van der Waals surface area (Å²) in [7, 11) is 0. The van der Waals surface area contributed by atoms with Crippen LogP contribution in [0.4, 0.5) is 10.6 Å². The number of ether oxygens (including phenoxy) is 1. The number of anilines is 1. The molecule has 8 heteroatoms. The van der Waals surface area contributed by atoms with Crippen LogP contribution in [0.1, 0.15) is 44.8 Å². The summed E-state index contributed by atoms with van der Waals surface area (Å²) >= 11 is 0. The Kier molecular flexibility index (Phi) is 5.39. The maximum atomic E-state index is 12.3. The first-order valence-electron chi connectivity index (χ1n) is 10.3. The van der Waals surface area contributed by atoms with Crippen LogP contribution in [0.15, 0.2) is 12.4 Å². The quantitative estimate of drug-likeness (QED) is 0.841. The fraction of sp³-hybridized carbons (Fsp3) is 0.650. The topological polar surface area (TPSA) is 84.3 Å². The first-order chi connectivity index (χ1) is 13.5. The number of likely N-dealkylation sites (tertiary alicyclic amines) is 1. The number of nitrogens with one attached hydrogen (secondary N) is 2. The predicted molar refractivity (Wildman–Crippen MR) is 109 cm³/mol. The van der Waals surface area contributed by atoms with E-state index in [0.29, 0.717) is 19.1 Å². The standard InChI is InChI=1S/C20H30N6O2/c1-13(2)26-12-22-18-17(26)10-14(3)23-19(18)24-15-5-8-25(9-6-15)20(27)28-16-4-7-21-11-16/h10,12-13,15-16,21H,4-9,11H2,1-3H3,(H,23,24)/t16-/m0/s1. The third kappa shape index (κ3) is 3.92. The molecule has 1 amide bonds. The molecule has 8 nitrogen and oxygen atoms in total. The van der Waals surface area contributed by atoms with Crippen molar-refractivity contribution in [1.82, 2.24) is 24.8 Å². The van der Waals surface area contributed by atoms with Crippen LogP contribution in [0.5, 0.6) is 0 Å². The van der Waals surface area contributed by atoms with Gasteiger partial charge in [0.25, 0.3) is 0 Å². The third-order valence-corrected chi connectivity index (χ3v) is 5.62. The molecule has 152 valence electrons. The Bertz CT molecular complexity index is 835. The van der Waals surface area contributed by atoms with Gasteiger partial charge in [-0.2, -0.15) is 0 Å². The van der Waals surface area contributed by atoms with Gasteiger partial charge in [0.2, 0.25) is 0 Å². The molecule has 1 atom stereocenters. The van der Waals surface area contributed by atoms with Crippen molar-refractivity contribution in [2.75, 3.05) is 31.5 Å². The number of carbonyl (C=O) groups excluding carboxylic acids is 1. The van der Waals surface area contributed by atoms with Gasteiger partial charge in [-0.25, -0.2) is 14.8 Å². The van der Waals surface area contributed by atoms with Crippen LogP contribution >= 0.6 is 0 Å². The van der Waals surface area contributed by atoms with Gasteiger partial charge in [0.15, 0.2) is 5.82 Å². The normalized spacial score (nSPS) is 20.9. The average molecular weight is 387 g/mol. The maximum Gasteiger partial charge on any atom is 0.410 e. The molecule has 2 saturated heterocycles. The largest absolute Gasteiger partial charge is 0.445 e. The van der Waals surface area contributed by atoms with E-state index in [0.717, 1.165) is 54.9 Å². The highest BCUT2D eigenvalue weighted by atomic mass is 16.6. The number of carbonyl (C=O) groups is 1. The van der Waals surface area contributed by atoms with Crippen LogP contribution in [0.25, 0.3) is 11.0 Å². The molecule has 0 bridgehead atoms. The second kappa shape index (κ2) is 7.95. The van der Waals surface area contributed by atoms with Gasteiger partial charge < -0.3 is 24.8 Å². The molecule has 2 fully saturated rings. The summed E-state index contributed by atoms with van der Waals surface area (Å²) in [5, 5.41) is 6.80. The Hall–Kier alpha value is -2.35. The molecule has 2 aromatic heterocycles. The zero-order valence-electron chi connectivity index (χ0n) is 16.9. The lowest BCUT2D eigenvalue weighted by molar-refractivity contribution is 0.0641. The third-order valence-electron chi connectivity index (χ3n) is 5.62. The van der Waals surface area contributed by atoms with E-state index in [9.17, 15) is 4.79 Å². The van der Waals surface area contributed by atoms with Gasteiger partial charge in [0, 0.05) is 37.4 Å². The lowest BCUT2D eigenvalue weighted by Gasteiger charge is -2.32. The maximum absolute atomic E-state index is 12.3. The molecule has 4 rings (SSSR count). The monoisotopic (exact) mass is 386 g/mol. The van der Waals surface area contributed by atoms with Crippen LogP contribution in [0.3, 0.4) is 0 Å². The summed E-state index contributed by atoms with van der Waals surface area (Å²) < 4.78 is 7.75. The van der Waals surface area contributed by atoms with Crippen molar-refractivity contribution in [3.63, 3.8) is 0 Å². The molecule has 2 aromatic rings. The Morgan fingerprint density at radius 2 is 2.11 bits per heavy atom. The highest BCUT2D eigenvalue weighted by Crippen LogP contribution is 2.26. The van der Waals surface area contributed by atoms with Crippen molar-refractivity contribution < 1.29 is 9.53 Å². The van der Waals surface area contributed by atoms with Gasteiger partial charge in [-0.05, 0) is 52.6 Å². The van der Waals surface area contributed by atoms with Crippen molar-refractivity contribution in [2.24, 2.45) is 0 Å². The Balaban J connectivity index is 1.39. The molecule has 28 heavy (non-hydrogen) atoms. The zero-order valence-corrected chi connectivity index (χ0v) is 16.9. The van der Waals surface area contributed by atoms with E-state index in [1.165, 1.54) is 0 Å². The van der Waals surface area contributed by atoms with E-state index in [-0.39, 0.29) is 18.2 Å². The van der Waals surface area contributed by atoms with Crippen molar-refractivity contribution >= 4 is 22.9 Å². The van der Waals surface area contributed by atoms with Gasteiger partial charge >= 0.3 is 6.09 Å². The number of aromatic nitrogens is 3. The lowest BCUT2D eigenvalue weighted by atomic mass is 10.1. The summed E-state index contributed by atoms with van der Waals surface area (Å²) in [6, 6.07) is 2.71. The van der Waals surface area contributed by atoms with E-state index in [2.05, 4.69) is 40.1 Å². The SMILES string of the molecule is Cc1cc2c(ncn2C(C)C)c(NC2CCN(C(=O)O[C@H]3CCNC3)CC2)n1. The molecule has 0 saturated carbocycles. The highest BCUT2D eigenvalue weighted by Gasteiger charge is 2.27. The van der Waals surface area contributed by atoms with Crippen LogP contribution in [0.2, 0.25) is 0 Å². The minimum atomic E-state index is -0.182. The van der Waals surface area contributed by atoms with Crippen molar-refractivity contribution in [2.45, 2.75) is 58.2 Å². The molecular formula is C20H30N6O2. The molecule has 4 heterocycles. The summed E-state index contributed by atoms with van der Waals surface area (Å²) in [6.07, 6.45) is 4.38. The van der Waals surface area contributed by atoms with Crippen LogP contribution in [-0.4, -0.2) is 63.9 Å². The fourth-order valence-electron chi connectivity index (χ4n) is 4.01. The molecule has 0 radical (unpaired) electrons. The molecule has 0 aromatic carbocycles. The minimum Gasteiger partial charge on any atom is -0.445 e. The molecule has 0 unspecified atom stereocenters. The number of hydrogen-bond acceptors (Lipinski definition) is 6. The lowest BCUT2D eigenvalue weighted by Crippen LogP contribution is -2.43. The zero-order chi connectivity index (χ0) is 19.7. The van der Waals surface area contributed by atoms with Crippen LogP contribution < -0.4 is 10.6 Å². The summed E-state index contributed by atoms with van der Waals surface area (Å²) in [5.41, 5.74) is 3.00. The number of pyridine rings is 1. The van der Waals surface area contributed by atoms with Gasteiger partial charge in [-0.15, -0.1) is 0 Å². The predicted octanol–water partition coefficient (Wildman–Crippen LogP) is 2.70. The Morgan fingerprint density at radius 3 is 2.79 bits per heavy atom. The fourth-order valence-corrected chi connectivity index (χ4v) is 4.01. The number of amides is 1. The number of aryl methyl sites for hydroxylation is 1. The molecule has 0 aliphatic carbocycles. The molecule has 0 spiro atoms. The number of fused-ring (bicyclic) bond motifs is 1. The number of nitrogens with zero attached hydrogens (tertiary/aromatic N) is 4. The van der Waals surface area contributed by atoms with Gasteiger partial charge in [0.1, 0.15) is 11.6 Å². The summed E-state index contributed by atoms with van der Waals surface area (Å²) in [4.78, 5) is 23.4. The number of rotatable bonds is 4. The minimum absolute atomic E-state index is 0.0178. The van der Waals surface area contributed by atoms with Gasteiger partial charge in [-0.1, -0.05) is 0 Å². The first kappa shape index (κ1) is 19.0. The molecule has 2 N–H and O–H groups in total. The summed E-state index contributed by atoms with van der Waals surface area (Å²) in [5.74, 6) is 0.840. The number of imidazole rings is 1.